The first kappa shape index (κ1) is 8.59. The zero-order valence-corrected chi connectivity index (χ0v) is 6.60. The zero-order valence-electron chi connectivity index (χ0n) is 6.60. The largest absolute Gasteiger partial charge is 0.712 e. The van der Waals surface area contributed by atoms with E-state index >= 15 is 0 Å². The van der Waals surface area contributed by atoms with E-state index in [1.165, 1.54) is 0 Å². The number of ketones is 1. The summed E-state index contributed by atoms with van der Waals surface area (Å²) in [7, 11) is 0. The van der Waals surface area contributed by atoms with Crippen molar-refractivity contribution in [2.75, 3.05) is 6.54 Å². The Kier molecular flexibility index (Phi) is 3.14. The molecule has 0 atom stereocenters. The standard InChI is InChI=1S/C9H9N2O/c10-11-7-9(12)6-8-4-2-1-3-5-8/h1-5H,6-7H2/q-1. The van der Waals surface area contributed by atoms with Crippen LogP contribution >= 0.6 is 0 Å². The summed E-state index contributed by atoms with van der Waals surface area (Å²) in [6.07, 6.45) is 0.338. The van der Waals surface area contributed by atoms with E-state index in [-0.39, 0.29) is 12.3 Å². The third-order valence-corrected chi connectivity index (χ3v) is 1.49. The highest BCUT2D eigenvalue weighted by Crippen LogP contribution is 1.99. The van der Waals surface area contributed by atoms with E-state index in [9.17, 15) is 4.79 Å². The van der Waals surface area contributed by atoms with Crippen LogP contribution in [-0.4, -0.2) is 12.3 Å². The van der Waals surface area contributed by atoms with Gasteiger partial charge >= 0.3 is 0 Å². The van der Waals surface area contributed by atoms with Gasteiger partial charge in [0, 0.05) is 6.42 Å². The molecule has 62 valence electrons. The smallest absolute Gasteiger partial charge is 0.156 e. The number of nitrogens with zero attached hydrogens (tertiary/aromatic N) is 2. The molecule has 3 nitrogen and oxygen atoms in total. The van der Waals surface area contributed by atoms with Crippen molar-refractivity contribution in [3.8, 4) is 0 Å². The van der Waals surface area contributed by atoms with E-state index in [0.717, 1.165) is 5.56 Å². The van der Waals surface area contributed by atoms with E-state index in [4.69, 9.17) is 5.53 Å². The molecular weight excluding hydrogens is 152 g/mol. The number of carbonyl (C=O) groups excluding carboxylic acids is 1. The van der Waals surface area contributed by atoms with Crippen LogP contribution < -0.4 is 0 Å². The van der Waals surface area contributed by atoms with Gasteiger partial charge in [0.25, 0.3) is 0 Å². The first-order chi connectivity index (χ1) is 5.83. The summed E-state index contributed by atoms with van der Waals surface area (Å²) in [5.74, 6) is -0.0799. The van der Waals surface area contributed by atoms with Crippen LogP contribution in [-0.2, 0) is 11.2 Å². The Morgan fingerprint density at radius 3 is 2.58 bits per heavy atom. The van der Waals surface area contributed by atoms with Gasteiger partial charge in [-0.3, -0.25) is 4.79 Å². The van der Waals surface area contributed by atoms with Gasteiger partial charge in [0.1, 0.15) is 0 Å². The Morgan fingerprint density at radius 2 is 2.00 bits per heavy atom. The van der Waals surface area contributed by atoms with Gasteiger partial charge in [-0.15, -0.1) is 0 Å². The Bertz CT molecular complexity index is 269. The highest BCUT2D eigenvalue weighted by molar-refractivity contribution is 5.82. The summed E-state index contributed by atoms with van der Waals surface area (Å²) in [5.41, 5.74) is 9.07. The average Bonchev–Trinajstić information content (AvgIpc) is 2.06. The van der Waals surface area contributed by atoms with Gasteiger partial charge in [0.05, 0.1) is 6.54 Å². The third kappa shape index (κ3) is 2.62. The Morgan fingerprint density at radius 1 is 1.33 bits per heavy atom. The highest BCUT2D eigenvalue weighted by Gasteiger charge is 1.99. The molecule has 0 amide bonds. The van der Waals surface area contributed by atoms with E-state index in [2.05, 4.69) is 5.11 Å². The summed E-state index contributed by atoms with van der Waals surface area (Å²) in [6, 6.07) is 9.38. The molecule has 0 saturated carbocycles. The molecular formula is C9H9N2O-. The molecule has 0 unspecified atom stereocenters. The molecule has 0 radical (unpaired) electrons. The highest BCUT2D eigenvalue weighted by atomic mass is 16.1. The maximum Gasteiger partial charge on any atom is 0.156 e. The fourth-order valence-corrected chi connectivity index (χ4v) is 0.958. The van der Waals surface area contributed by atoms with E-state index < -0.39 is 0 Å². The lowest BCUT2D eigenvalue weighted by molar-refractivity contribution is -0.117. The summed E-state index contributed by atoms with van der Waals surface area (Å²) < 4.78 is 0. The molecule has 3 heteroatoms. The molecule has 0 N–H and O–H groups in total. The Balaban J connectivity index is 2.52. The molecule has 0 bridgehead atoms. The van der Waals surface area contributed by atoms with Crippen LogP contribution in [0.3, 0.4) is 0 Å². The van der Waals surface area contributed by atoms with Gasteiger partial charge in [-0.25, -0.2) is 0 Å². The number of hydrogen-bond donors (Lipinski definition) is 0. The molecule has 0 aliphatic rings. The maximum absolute atomic E-state index is 11.0. The van der Waals surface area contributed by atoms with Gasteiger partial charge in [-0.2, -0.15) is 0 Å². The minimum atomic E-state index is -0.116. The van der Waals surface area contributed by atoms with Gasteiger partial charge in [0.15, 0.2) is 5.78 Å². The quantitative estimate of drug-likeness (QED) is 0.621. The topological polar surface area (TPSA) is 51.7 Å². The lowest BCUT2D eigenvalue weighted by Gasteiger charge is -1.98. The second-order valence-electron chi connectivity index (χ2n) is 2.50. The van der Waals surface area contributed by atoms with Gasteiger partial charge in [0.2, 0.25) is 0 Å². The van der Waals surface area contributed by atoms with Crippen molar-refractivity contribution in [2.45, 2.75) is 6.42 Å². The van der Waals surface area contributed by atoms with Crippen LogP contribution in [0.15, 0.2) is 35.4 Å². The predicted molar refractivity (Wildman–Crippen MR) is 45.8 cm³/mol. The van der Waals surface area contributed by atoms with Crippen LogP contribution in [0, 0.1) is 0 Å². The molecule has 1 aromatic rings. The molecule has 12 heavy (non-hydrogen) atoms. The third-order valence-electron chi connectivity index (χ3n) is 1.49. The molecule has 0 fully saturated rings. The minimum Gasteiger partial charge on any atom is -0.712 e. The number of Topliss-reactive ketones (excluding diaryl/α,β-unsaturated/α-hetero) is 1. The van der Waals surface area contributed by atoms with Crippen molar-refractivity contribution in [3.63, 3.8) is 0 Å². The van der Waals surface area contributed by atoms with E-state index in [1.54, 1.807) is 0 Å². The summed E-state index contributed by atoms with van der Waals surface area (Å²) in [4.78, 5) is 11.0. The van der Waals surface area contributed by atoms with E-state index in [1.807, 2.05) is 30.3 Å². The first-order valence-corrected chi connectivity index (χ1v) is 3.69. The molecule has 1 rings (SSSR count). The summed E-state index contributed by atoms with van der Waals surface area (Å²) in [6.45, 7) is -0.116. The lowest BCUT2D eigenvalue weighted by Crippen LogP contribution is -2.05. The first-order valence-electron chi connectivity index (χ1n) is 3.69. The lowest BCUT2D eigenvalue weighted by atomic mass is 10.1. The number of hydrogen-bond acceptors (Lipinski definition) is 2. The molecule has 0 spiro atoms. The minimum absolute atomic E-state index is 0.0799. The molecule has 0 aliphatic heterocycles. The average molecular weight is 161 g/mol. The molecule has 0 heterocycles. The van der Waals surface area contributed by atoms with Gasteiger partial charge in [-0.1, -0.05) is 30.3 Å². The van der Waals surface area contributed by atoms with Crippen LogP contribution in [0.1, 0.15) is 5.56 Å². The molecule has 0 aliphatic carbocycles. The van der Waals surface area contributed by atoms with Crippen molar-refractivity contribution >= 4 is 5.78 Å². The fraction of sp³-hybridized carbons (Fsp3) is 0.222. The number of benzene rings is 1. The second-order valence-corrected chi connectivity index (χ2v) is 2.50. The maximum atomic E-state index is 11.0. The van der Waals surface area contributed by atoms with Crippen molar-refractivity contribution < 1.29 is 4.79 Å². The number of carbonyl (C=O) groups is 1. The summed E-state index contributed by atoms with van der Waals surface area (Å²) in [5, 5.41) is 2.78. The Hall–Kier alpha value is -1.51. The van der Waals surface area contributed by atoms with Gasteiger partial charge < -0.3 is 10.6 Å². The van der Waals surface area contributed by atoms with Crippen LogP contribution in [0.2, 0.25) is 0 Å². The van der Waals surface area contributed by atoms with E-state index in [0.29, 0.717) is 6.42 Å². The molecule has 0 saturated heterocycles. The second kappa shape index (κ2) is 4.38. The van der Waals surface area contributed by atoms with Crippen LogP contribution in [0.4, 0.5) is 0 Å². The van der Waals surface area contributed by atoms with Gasteiger partial charge in [-0.05, 0) is 5.56 Å². The Labute approximate surface area is 70.9 Å². The summed E-state index contributed by atoms with van der Waals surface area (Å²) >= 11 is 0. The van der Waals surface area contributed by atoms with Crippen LogP contribution in [0.5, 0.6) is 0 Å². The fourth-order valence-electron chi connectivity index (χ4n) is 0.958. The zero-order chi connectivity index (χ0) is 8.81. The van der Waals surface area contributed by atoms with Crippen LogP contribution in [0.25, 0.3) is 5.53 Å². The monoisotopic (exact) mass is 161 g/mol. The van der Waals surface area contributed by atoms with Crippen molar-refractivity contribution in [1.82, 2.24) is 0 Å². The van der Waals surface area contributed by atoms with Crippen molar-refractivity contribution in [1.29, 1.82) is 0 Å². The normalized spacial score (nSPS) is 9.33. The number of rotatable bonds is 4. The van der Waals surface area contributed by atoms with Crippen molar-refractivity contribution in [3.05, 3.63) is 41.4 Å². The predicted octanol–water partition coefficient (Wildman–Crippen LogP) is 1.82. The van der Waals surface area contributed by atoms with Crippen molar-refractivity contribution in [2.24, 2.45) is 5.11 Å². The molecule has 1 aromatic carbocycles. The SMILES string of the molecule is [N-]=NCC(=O)Cc1ccccc1. The molecule has 0 aromatic heterocycles.